The minimum absolute atomic E-state index is 0.00874. The summed E-state index contributed by atoms with van der Waals surface area (Å²) in [5.41, 5.74) is 1.75. The van der Waals surface area contributed by atoms with Crippen LogP contribution in [0.5, 0.6) is 5.75 Å². The smallest absolute Gasteiger partial charge is 0.320 e. The van der Waals surface area contributed by atoms with Gasteiger partial charge in [0, 0.05) is 51.1 Å². The summed E-state index contributed by atoms with van der Waals surface area (Å²) in [6.45, 7) is 5.46. The third kappa shape index (κ3) is 4.46. The van der Waals surface area contributed by atoms with Gasteiger partial charge in [0.2, 0.25) is 11.8 Å². The van der Waals surface area contributed by atoms with Crippen LogP contribution in [0.25, 0.3) is 0 Å². The average Bonchev–Trinajstić information content (AvgIpc) is 2.84. The SMILES string of the molecule is COc1ccc(C)cc1NC(=O)C1CCN(C(=O)N2C[C@@H]3C[C@H](C2)[C@H]2CCCC(=O)N2C3)CC1. The maximum absolute atomic E-state index is 13.4. The van der Waals surface area contributed by atoms with Gasteiger partial charge >= 0.3 is 6.03 Å². The first-order valence-corrected chi connectivity index (χ1v) is 12.7. The predicted octanol–water partition coefficient (Wildman–Crippen LogP) is 3.11. The number of anilines is 1. The number of carbonyl (C=O) groups is 3. The Labute approximate surface area is 201 Å². The van der Waals surface area contributed by atoms with Crippen molar-refractivity contribution in [2.75, 3.05) is 45.2 Å². The lowest BCUT2D eigenvalue weighted by Gasteiger charge is -2.53. The van der Waals surface area contributed by atoms with Crippen molar-refractivity contribution in [3.8, 4) is 5.75 Å². The molecule has 0 aromatic heterocycles. The molecule has 34 heavy (non-hydrogen) atoms. The zero-order valence-corrected chi connectivity index (χ0v) is 20.3. The van der Waals surface area contributed by atoms with E-state index in [0.717, 1.165) is 44.5 Å². The fraction of sp³-hybridized carbons (Fsp3) is 0.654. The van der Waals surface area contributed by atoms with E-state index in [0.29, 0.717) is 67.6 Å². The van der Waals surface area contributed by atoms with Crippen molar-refractivity contribution in [1.29, 1.82) is 0 Å². The number of piperidine rings is 4. The molecule has 3 atom stereocenters. The Balaban J connectivity index is 1.16. The summed E-state index contributed by atoms with van der Waals surface area (Å²) in [7, 11) is 1.60. The molecule has 4 heterocycles. The normalized spacial score (nSPS) is 27.3. The number of ether oxygens (including phenoxy) is 1. The second-order valence-electron chi connectivity index (χ2n) is 10.5. The van der Waals surface area contributed by atoms with Gasteiger partial charge in [0.15, 0.2) is 0 Å². The molecule has 0 unspecified atom stereocenters. The molecule has 4 fully saturated rings. The van der Waals surface area contributed by atoms with Gasteiger partial charge in [-0.05, 0) is 68.6 Å². The van der Waals surface area contributed by atoms with E-state index in [4.69, 9.17) is 4.74 Å². The van der Waals surface area contributed by atoms with E-state index in [-0.39, 0.29) is 17.9 Å². The van der Waals surface area contributed by atoms with Crippen LogP contribution in [-0.4, -0.2) is 78.4 Å². The van der Waals surface area contributed by atoms with Crippen molar-refractivity contribution in [3.63, 3.8) is 0 Å². The molecule has 4 aliphatic heterocycles. The summed E-state index contributed by atoms with van der Waals surface area (Å²) in [4.78, 5) is 44.7. The van der Waals surface area contributed by atoms with Crippen LogP contribution in [0.4, 0.5) is 10.5 Å². The first kappa shape index (κ1) is 23.0. The Bertz CT molecular complexity index is 958. The first-order chi connectivity index (χ1) is 16.4. The van der Waals surface area contributed by atoms with E-state index >= 15 is 0 Å². The topological polar surface area (TPSA) is 82.2 Å². The van der Waals surface area contributed by atoms with E-state index in [9.17, 15) is 14.4 Å². The van der Waals surface area contributed by atoms with Crippen LogP contribution in [0.1, 0.15) is 44.1 Å². The number of fused-ring (bicyclic) bond motifs is 4. The van der Waals surface area contributed by atoms with Crippen LogP contribution in [0.2, 0.25) is 0 Å². The van der Waals surface area contributed by atoms with Gasteiger partial charge in [0.05, 0.1) is 12.8 Å². The number of amides is 4. The van der Waals surface area contributed by atoms with Gasteiger partial charge < -0.3 is 24.8 Å². The van der Waals surface area contributed by atoms with Crippen molar-refractivity contribution in [2.45, 2.75) is 51.5 Å². The van der Waals surface area contributed by atoms with Gasteiger partial charge in [0.1, 0.15) is 5.75 Å². The molecule has 8 nitrogen and oxygen atoms in total. The second kappa shape index (κ2) is 9.47. The standard InChI is InChI=1S/C26H36N4O4/c1-17-6-7-23(34-2)21(12-17)27-25(32)19-8-10-28(11-9-19)26(33)29-14-18-13-20(16-29)22-4-3-5-24(31)30(22)15-18/h6-7,12,18-20,22H,3-5,8-11,13-16H2,1-2H3,(H,27,32)/t18-,20+,22+/m0/s1. The highest BCUT2D eigenvalue weighted by Crippen LogP contribution is 2.38. The number of carbonyl (C=O) groups excluding carboxylic acids is 3. The van der Waals surface area contributed by atoms with Crippen molar-refractivity contribution < 1.29 is 19.1 Å². The van der Waals surface area contributed by atoms with E-state index in [1.165, 1.54) is 0 Å². The van der Waals surface area contributed by atoms with E-state index in [2.05, 4.69) is 10.2 Å². The number of benzene rings is 1. The van der Waals surface area contributed by atoms with Crippen LogP contribution < -0.4 is 10.1 Å². The third-order valence-corrected chi connectivity index (χ3v) is 8.20. The van der Waals surface area contributed by atoms with Gasteiger partial charge in [-0.15, -0.1) is 0 Å². The molecule has 1 aromatic carbocycles. The van der Waals surface area contributed by atoms with Crippen LogP contribution in [0.3, 0.4) is 0 Å². The number of nitrogens with zero attached hydrogens (tertiary/aromatic N) is 3. The second-order valence-corrected chi connectivity index (χ2v) is 10.5. The lowest BCUT2D eigenvalue weighted by Crippen LogP contribution is -2.62. The number of aryl methyl sites for hydroxylation is 1. The molecule has 4 saturated heterocycles. The van der Waals surface area contributed by atoms with Crippen LogP contribution >= 0.6 is 0 Å². The van der Waals surface area contributed by atoms with E-state index in [1.807, 2.05) is 34.9 Å². The monoisotopic (exact) mass is 468 g/mol. The number of hydrogen-bond acceptors (Lipinski definition) is 4. The van der Waals surface area contributed by atoms with Crippen LogP contribution in [0, 0.1) is 24.7 Å². The van der Waals surface area contributed by atoms with Gasteiger partial charge in [-0.2, -0.15) is 0 Å². The lowest BCUT2D eigenvalue weighted by molar-refractivity contribution is -0.144. The molecule has 8 heteroatoms. The molecule has 4 aliphatic rings. The maximum Gasteiger partial charge on any atom is 0.320 e. The Morgan fingerprint density at radius 3 is 2.62 bits per heavy atom. The van der Waals surface area contributed by atoms with Crippen molar-refractivity contribution in [1.82, 2.24) is 14.7 Å². The van der Waals surface area contributed by atoms with Gasteiger partial charge in [-0.25, -0.2) is 4.79 Å². The molecule has 0 saturated carbocycles. The Morgan fingerprint density at radius 1 is 1.06 bits per heavy atom. The molecule has 1 aromatic rings. The highest BCUT2D eigenvalue weighted by Gasteiger charge is 2.45. The van der Waals surface area contributed by atoms with Crippen molar-refractivity contribution >= 4 is 23.5 Å². The van der Waals surface area contributed by atoms with Crippen LogP contribution in [0.15, 0.2) is 18.2 Å². The number of hydrogen-bond donors (Lipinski definition) is 1. The summed E-state index contributed by atoms with van der Waals surface area (Å²) >= 11 is 0. The summed E-state index contributed by atoms with van der Waals surface area (Å²) in [5, 5.41) is 3.03. The molecular formula is C26H36N4O4. The molecule has 0 radical (unpaired) electrons. The largest absolute Gasteiger partial charge is 0.495 e. The van der Waals surface area contributed by atoms with Crippen LogP contribution in [-0.2, 0) is 9.59 Å². The number of rotatable bonds is 3. The molecule has 2 bridgehead atoms. The molecular weight excluding hydrogens is 432 g/mol. The zero-order chi connectivity index (χ0) is 23.8. The molecule has 4 amide bonds. The third-order valence-electron chi connectivity index (χ3n) is 8.20. The van der Waals surface area contributed by atoms with Crippen molar-refractivity contribution in [2.24, 2.45) is 17.8 Å². The lowest BCUT2D eigenvalue weighted by atomic mass is 9.76. The molecule has 1 N–H and O–H groups in total. The number of nitrogens with one attached hydrogen (secondary N) is 1. The number of likely N-dealkylation sites (tertiary alicyclic amines) is 2. The van der Waals surface area contributed by atoms with E-state index < -0.39 is 0 Å². The van der Waals surface area contributed by atoms with E-state index in [1.54, 1.807) is 7.11 Å². The fourth-order valence-corrected chi connectivity index (χ4v) is 6.45. The molecule has 0 aliphatic carbocycles. The number of urea groups is 1. The molecule has 0 spiro atoms. The predicted molar refractivity (Wildman–Crippen MR) is 129 cm³/mol. The average molecular weight is 469 g/mol. The van der Waals surface area contributed by atoms with Gasteiger partial charge in [-0.3, -0.25) is 9.59 Å². The number of methoxy groups -OCH3 is 1. The zero-order valence-electron chi connectivity index (χ0n) is 20.3. The first-order valence-electron chi connectivity index (χ1n) is 12.7. The fourth-order valence-electron chi connectivity index (χ4n) is 6.45. The quantitative estimate of drug-likeness (QED) is 0.739. The Morgan fingerprint density at radius 2 is 1.85 bits per heavy atom. The van der Waals surface area contributed by atoms with Crippen molar-refractivity contribution in [3.05, 3.63) is 23.8 Å². The highest BCUT2D eigenvalue weighted by atomic mass is 16.5. The highest BCUT2D eigenvalue weighted by molar-refractivity contribution is 5.94. The summed E-state index contributed by atoms with van der Waals surface area (Å²) in [5.74, 6) is 1.61. The minimum atomic E-state index is -0.114. The summed E-state index contributed by atoms with van der Waals surface area (Å²) in [6, 6.07) is 6.15. The Kier molecular flexibility index (Phi) is 6.40. The molecule has 184 valence electrons. The molecule has 5 rings (SSSR count). The van der Waals surface area contributed by atoms with Gasteiger partial charge in [-0.1, -0.05) is 6.07 Å². The summed E-state index contributed by atoms with van der Waals surface area (Å²) in [6.07, 6.45) is 5.17. The van der Waals surface area contributed by atoms with Gasteiger partial charge in [0.25, 0.3) is 0 Å². The Hall–Kier alpha value is -2.77. The summed E-state index contributed by atoms with van der Waals surface area (Å²) < 4.78 is 5.38. The minimum Gasteiger partial charge on any atom is -0.495 e. The maximum atomic E-state index is 13.4.